The Morgan fingerprint density at radius 2 is 1.97 bits per heavy atom. The van der Waals surface area contributed by atoms with Gasteiger partial charge in [-0.3, -0.25) is 9.89 Å². The molecule has 1 aromatic heterocycles. The van der Waals surface area contributed by atoms with Gasteiger partial charge in [0.25, 0.3) is 5.91 Å². The number of amides is 1. The van der Waals surface area contributed by atoms with Gasteiger partial charge in [-0.25, -0.2) is 4.39 Å². The van der Waals surface area contributed by atoms with E-state index in [2.05, 4.69) is 10.2 Å². The van der Waals surface area contributed by atoms with Gasteiger partial charge < -0.3 is 14.7 Å². The van der Waals surface area contributed by atoms with E-state index in [4.69, 9.17) is 4.74 Å². The van der Waals surface area contributed by atoms with Crippen LogP contribution in [0.25, 0.3) is 11.3 Å². The third-order valence-corrected chi connectivity index (χ3v) is 5.28. The maximum atomic E-state index is 13.5. The molecule has 0 saturated heterocycles. The number of phenols is 1. The molecule has 0 spiro atoms. The molecule has 1 atom stereocenters. The first-order chi connectivity index (χ1) is 13.9. The van der Waals surface area contributed by atoms with Crippen molar-refractivity contribution in [1.82, 2.24) is 15.1 Å². The molecule has 1 amide bonds. The molecule has 150 valence electrons. The molecule has 0 bridgehead atoms. The van der Waals surface area contributed by atoms with Crippen molar-refractivity contribution < 1.29 is 19.0 Å². The lowest BCUT2D eigenvalue weighted by Gasteiger charge is -2.26. The number of carbonyl (C=O) groups excluding carboxylic acids is 1. The van der Waals surface area contributed by atoms with Crippen molar-refractivity contribution in [2.24, 2.45) is 0 Å². The van der Waals surface area contributed by atoms with Crippen molar-refractivity contribution >= 4 is 5.91 Å². The van der Waals surface area contributed by atoms with Crippen LogP contribution in [0.1, 0.15) is 38.8 Å². The van der Waals surface area contributed by atoms with Crippen LogP contribution < -0.4 is 0 Å². The van der Waals surface area contributed by atoms with E-state index in [1.807, 2.05) is 19.9 Å². The van der Waals surface area contributed by atoms with Crippen molar-refractivity contribution in [3.8, 4) is 17.0 Å². The lowest BCUT2D eigenvalue weighted by atomic mass is 9.93. The first-order valence-corrected chi connectivity index (χ1v) is 9.36. The van der Waals surface area contributed by atoms with E-state index in [0.717, 1.165) is 16.7 Å². The fraction of sp³-hybridized carbons (Fsp3) is 0.273. The molecular weight excluding hydrogens is 373 g/mol. The SMILES string of the molecule is COCCN1C(=O)c2[nH]nc(-c3c(C)cc(C)cc3O)c2C1c1ccc(F)cc1. The summed E-state index contributed by atoms with van der Waals surface area (Å²) >= 11 is 0. The van der Waals surface area contributed by atoms with E-state index >= 15 is 0 Å². The average Bonchev–Trinajstić information content (AvgIpc) is 3.20. The first kappa shape index (κ1) is 19.1. The standard InChI is InChI=1S/C22H22FN3O3/c1-12-10-13(2)17(16(27)11-12)19-18-20(25-24-19)22(28)26(8-9-29-3)21(18)14-4-6-15(23)7-5-14/h4-7,10-11,21,27H,8-9H2,1-3H3,(H,24,25). The molecule has 1 aliphatic heterocycles. The van der Waals surface area contributed by atoms with Crippen LogP contribution in [0.4, 0.5) is 4.39 Å². The Kier molecular flexibility index (Phi) is 4.84. The second-order valence-corrected chi connectivity index (χ2v) is 7.28. The third-order valence-electron chi connectivity index (χ3n) is 5.28. The summed E-state index contributed by atoms with van der Waals surface area (Å²) in [4.78, 5) is 14.8. The molecule has 0 saturated carbocycles. The number of hydrogen-bond acceptors (Lipinski definition) is 4. The summed E-state index contributed by atoms with van der Waals surface area (Å²) in [6.07, 6.45) is 0. The zero-order valence-corrected chi connectivity index (χ0v) is 16.5. The van der Waals surface area contributed by atoms with Gasteiger partial charge in [0.1, 0.15) is 23.0 Å². The Morgan fingerprint density at radius 1 is 1.24 bits per heavy atom. The maximum Gasteiger partial charge on any atom is 0.273 e. The smallest absolute Gasteiger partial charge is 0.273 e. The number of benzene rings is 2. The maximum absolute atomic E-state index is 13.5. The van der Waals surface area contributed by atoms with Crippen LogP contribution in [0.3, 0.4) is 0 Å². The monoisotopic (exact) mass is 395 g/mol. The van der Waals surface area contributed by atoms with E-state index in [1.165, 1.54) is 12.1 Å². The van der Waals surface area contributed by atoms with Crippen molar-refractivity contribution in [2.75, 3.05) is 20.3 Å². The van der Waals surface area contributed by atoms with E-state index in [1.54, 1.807) is 30.2 Å². The molecule has 0 radical (unpaired) electrons. The Hall–Kier alpha value is -3.19. The molecular formula is C22H22FN3O3. The number of fused-ring (bicyclic) bond motifs is 1. The number of hydrogen-bond donors (Lipinski definition) is 2. The number of H-pyrrole nitrogens is 1. The number of aromatic amines is 1. The highest BCUT2D eigenvalue weighted by molar-refractivity contribution is 6.00. The van der Waals surface area contributed by atoms with Crippen molar-refractivity contribution in [3.63, 3.8) is 0 Å². The molecule has 1 aliphatic rings. The zero-order valence-electron chi connectivity index (χ0n) is 16.5. The van der Waals surface area contributed by atoms with E-state index in [9.17, 15) is 14.3 Å². The van der Waals surface area contributed by atoms with E-state index in [-0.39, 0.29) is 17.5 Å². The normalized spacial score (nSPS) is 15.8. The Bertz CT molecular complexity index is 1050. The number of halogens is 1. The lowest BCUT2D eigenvalue weighted by Crippen LogP contribution is -2.32. The minimum absolute atomic E-state index is 0.109. The number of ether oxygens (including phenoxy) is 1. The first-order valence-electron chi connectivity index (χ1n) is 9.36. The van der Waals surface area contributed by atoms with Crippen molar-refractivity contribution in [1.29, 1.82) is 0 Å². The van der Waals surface area contributed by atoms with Gasteiger partial charge in [-0.1, -0.05) is 18.2 Å². The lowest BCUT2D eigenvalue weighted by molar-refractivity contribution is 0.0677. The van der Waals surface area contributed by atoms with Crippen LogP contribution in [0.15, 0.2) is 36.4 Å². The molecule has 3 aromatic rings. The second kappa shape index (κ2) is 7.33. The fourth-order valence-electron chi connectivity index (χ4n) is 4.05. The Morgan fingerprint density at radius 3 is 2.62 bits per heavy atom. The largest absolute Gasteiger partial charge is 0.507 e. The number of rotatable bonds is 5. The number of carbonyl (C=O) groups is 1. The third kappa shape index (κ3) is 3.17. The fourth-order valence-corrected chi connectivity index (χ4v) is 4.05. The topological polar surface area (TPSA) is 78.5 Å². The molecule has 4 rings (SSSR count). The van der Waals surface area contributed by atoms with Crippen molar-refractivity contribution in [3.05, 3.63) is 70.2 Å². The van der Waals surface area contributed by atoms with Crippen LogP contribution in [0, 0.1) is 19.7 Å². The molecule has 2 N–H and O–H groups in total. The number of aromatic nitrogens is 2. The highest BCUT2D eigenvalue weighted by atomic mass is 19.1. The Labute approximate surface area is 167 Å². The summed E-state index contributed by atoms with van der Waals surface area (Å²) in [5, 5.41) is 17.9. The molecule has 6 nitrogen and oxygen atoms in total. The quantitative estimate of drug-likeness (QED) is 0.690. The molecule has 2 aromatic carbocycles. The van der Waals surface area contributed by atoms with Gasteiger partial charge in [-0.05, 0) is 48.7 Å². The van der Waals surface area contributed by atoms with Crippen LogP contribution in [-0.4, -0.2) is 46.4 Å². The minimum atomic E-state index is -0.456. The molecule has 0 fully saturated rings. The van der Waals surface area contributed by atoms with Gasteiger partial charge >= 0.3 is 0 Å². The van der Waals surface area contributed by atoms with E-state index in [0.29, 0.717) is 35.7 Å². The van der Waals surface area contributed by atoms with Crippen LogP contribution in [0.2, 0.25) is 0 Å². The van der Waals surface area contributed by atoms with Crippen LogP contribution in [0.5, 0.6) is 5.75 Å². The molecule has 2 heterocycles. The number of aryl methyl sites for hydroxylation is 2. The predicted molar refractivity (Wildman–Crippen MR) is 106 cm³/mol. The average molecular weight is 395 g/mol. The van der Waals surface area contributed by atoms with Gasteiger partial charge in [-0.2, -0.15) is 5.10 Å². The predicted octanol–water partition coefficient (Wildman–Crippen LogP) is 3.73. The van der Waals surface area contributed by atoms with Gasteiger partial charge in [-0.15, -0.1) is 0 Å². The number of nitrogens with zero attached hydrogens (tertiary/aromatic N) is 2. The summed E-state index contributed by atoms with van der Waals surface area (Å²) in [5.74, 6) is -0.437. The number of nitrogens with one attached hydrogen (secondary N) is 1. The summed E-state index contributed by atoms with van der Waals surface area (Å²) < 4.78 is 18.7. The number of methoxy groups -OCH3 is 1. The highest BCUT2D eigenvalue weighted by Gasteiger charge is 2.42. The van der Waals surface area contributed by atoms with E-state index < -0.39 is 6.04 Å². The second-order valence-electron chi connectivity index (χ2n) is 7.28. The molecule has 0 aliphatic carbocycles. The summed E-state index contributed by atoms with van der Waals surface area (Å²) in [6.45, 7) is 4.54. The number of aromatic hydroxyl groups is 1. The number of phenolic OH excluding ortho intramolecular Hbond substituents is 1. The summed E-state index contributed by atoms with van der Waals surface area (Å²) in [6, 6.07) is 9.27. The molecule has 7 heteroatoms. The Balaban J connectivity index is 1.91. The van der Waals surface area contributed by atoms with Gasteiger partial charge in [0.15, 0.2) is 0 Å². The van der Waals surface area contributed by atoms with Crippen molar-refractivity contribution in [2.45, 2.75) is 19.9 Å². The van der Waals surface area contributed by atoms with Crippen LogP contribution in [-0.2, 0) is 4.74 Å². The molecule has 1 unspecified atom stereocenters. The van der Waals surface area contributed by atoms with Gasteiger partial charge in [0.05, 0.1) is 12.6 Å². The summed E-state index contributed by atoms with van der Waals surface area (Å²) in [5.41, 5.74) is 4.73. The highest BCUT2D eigenvalue weighted by Crippen LogP contribution is 2.45. The van der Waals surface area contributed by atoms with Gasteiger partial charge in [0, 0.05) is 24.8 Å². The summed E-state index contributed by atoms with van der Waals surface area (Å²) in [7, 11) is 1.58. The minimum Gasteiger partial charge on any atom is -0.507 e. The molecule has 29 heavy (non-hydrogen) atoms. The van der Waals surface area contributed by atoms with Crippen LogP contribution >= 0.6 is 0 Å². The van der Waals surface area contributed by atoms with Gasteiger partial charge in [0.2, 0.25) is 0 Å². The zero-order chi connectivity index (χ0) is 20.7.